The van der Waals surface area contributed by atoms with Crippen LogP contribution in [-0.4, -0.2) is 43.8 Å². The summed E-state index contributed by atoms with van der Waals surface area (Å²) < 4.78 is 11.7. The lowest BCUT2D eigenvalue weighted by Crippen LogP contribution is -2.27. The summed E-state index contributed by atoms with van der Waals surface area (Å²) in [6, 6.07) is 17.3. The highest BCUT2D eigenvalue weighted by atomic mass is 32.1. The van der Waals surface area contributed by atoms with Gasteiger partial charge in [-0.15, -0.1) is 5.10 Å². The van der Waals surface area contributed by atoms with Gasteiger partial charge in [0, 0.05) is 13.1 Å². The molecule has 0 atom stereocenters. The summed E-state index contributed by atoms with van der Waals surface area (Å²) in [5.41, 5.74) is 0.757. The van der Waals surface area contributed by atoms with Gasteiger partial charge in [0.15, 0.2) is 0 Å². The molecule has 4 rings (SSSR count). The predicted octanol–water partition coefficient (Wildman–Crippen LogP) is 3.56. The molecule has 0 aliphatic carbocycles. The normalized spacial score (nSPS) is 11.6. The monoisotopic (exact) mass is 423 g/mol. The van der Waals surface area contributed by atoms with Crippen LogP contribution in [-0.2, 0) is 13.2 Å². The average molecular weight is 424 g/mol. The maximum Gasteiger partial charge on any atom is 0.262 e. The van der Waals surface area contributed by atoms with E-state index in [1.54, 1.807) is 9.25 Å². The number of aromatic nitrogens is 4. The van der Waals surface area contributed by atoms with Crippen LogP contribution in [0.25, 0.3) is 16.7 Å². The molecule has 7 nitrogen and oxygen atoms in total. The van der Waals surface area contributed by atoms with Gasteiger partial charge in [-0.05, 0) is 50.0 Å². The fraction of sp³-hybridized carbons (Fsp3) is 0.318. The van der Waals surface area contributed by atoms with E-state index < -0.39 is 0 Å². The summed E-state index contributed by atoms with van der Waals surface area (Å²) in [7, 11) is 2.00. The van der Waals surface area contributed by atoms with Gasteiger partial charge >= 0.3 is 0 Å². The van der Waals surface area contributed by atoms with E-state index >= 15 is 0 Å². The molecule has 0 aliphatic rings. The SMILES string of the molecule is CCCn1c(=O)c2ccccc2n2c(=S)n(CN(C)CCOc3ccccc3)nc12. The van der Waals surface area contributed by atoms with Gasteiger partial charge in [0.2, 0.25) is 10.5 Å². The van der Waals surface area contributed by atoms with Crippen molar-refractivity contribution in [3.63, 3.8) is 0 Å². The molecular formula is C22H25N5O2S. The Labute approximate surface area is 179 Å². The number of ether oxygens (including phenoxy) is 1. The second kappa shape index (κ2) is 8.81. The second-order valence-electron chi connectivity index (χ2n) is 7.27. The zero-order chi connectivity index (χ0) is 21.1. The quantitative estimate of drug-likeness (QED) is 0.406. The van der Waals surface area contributed by atoms with Gasteiger partial charge in [0.1, 0.15) is 12.4 Å². The fourth-order valence-corrected chi connectivity index (χ4v) is 3.80. The van der Waals surface area contributed by atoms with Crippen molar-refractivity contribution in [1.82, 2.24) is 23.6 Å². The Morgan fingerprint density at radius 2 is 1.83 bits per heavy atom. The first-order valence-corrected chi connectivity index (χ1v) is 10.5. The summed E-state index contributed by atoms with van der Waals surface area (Å²) in [5.74, 6) is 1.43. The molecule has 0 amide bonds. The van der Waals surface area contributed by atoms with Crippen molar-refractivity contribution in [2.24, 2.45) is 0 Å². The zero-order valence-corrected chi connectivity index (χ0v) is 18.0. The van der Waals surface area contributed by atoms with Crippen LogP contribution in [0.3, 0.4) is 0 Å². The Morgan fingerprint density at radius 1 is 1.10 bits per heavy atom. The van der Waals surface area contributed by atoms with E-state index in [0.29, 0.717) is 42.3 Å². The third-order valence-corrected chi connectivity index (χ3v) is 5.39. The second-order valence-corrected chi connectivity index (χ2v) is 7.64. The Morgan fingerprint density at radius 3 is 2.60 bits per heavy atom. The third kappa shape index (κ3) is 3.88. The van der Waals surface area contributed by atoms with E-state index in [2.05, 4.69) is 4.90 Å². The van der Waals surface area contributed by atoms with E-state index in [1.807, 2.05) is 73.0 Å². The standard InChI is InChI=1S/C22H25N5O2S/c1-3-13-25-20(28)18-11-7-8-12-19(18)27-21(25)23-26(22(27)30)16-24(2)14-15-29-17-9-5-4-6-10-17/h4-12H,3,13-16H2,1-2H3. The molecule has 156 valence electrons. The van der Waals surface area contributed by atoms with Gasteiger partial charge in [-0.3, -0.25) is 18.7 Å². The van der Waals surface area contributed by atoms with Crippen LogP contribution in [0.2, 0.25) is 0 Å². The van der Waals surface area contributed by atoms with Crippen molar-refractivity contribution < 1.29 is 4.74 Å². The summed E-state index contributed by atoms with van der Waals surface area (Å²) >= 11 is 5.74. The van der Waals surface area contributed by atoms with Crippen molar-refractivity contribution in [3.8, 4) is 5.75 Å². The van der Waals surface area contributed by atoms with Crippen LogP contribution in [0, 0.1) is 4.77 Å². The van der Waals surface area contributed by atoms with Gasteiger partial charge < -0.3 is 4.74 Å². The van der Waals surface area contributed by atoms with Crippen LogP contribution in [0.1, 0.15) is 13.3 Å². The molecule has 0 saturated carbocycles. The van der Waals surface area contributed by atoms with E-state index in [9.17, 15) is 4.79 Å². The lowest BCUT2D eigenvalue weighted by Gasteiger charge is -2.16. The number of fused-ring (bicyclic) bond motifs is 3. The number of aryl methyl sites for hydroxylation is 1. The minimum absolute atomic E-state index is 0.0308. The number of hydrogen-bond acceptors (Lipinski definition) is 5. The smallest absolute Gasteiger partial charge is 0.262 e. The highest BCUT2D eigenvalue weighted by molar-refractivity contribution is 7.71. The van der Waals surface area contributed by atoms with Crippen LogP contribution in [0.5, 0.6) is 5.75 Å². The predicted molar refractivity (Wildman–Crippen MR) is 121 cm³/mol. The minimum atomic E-state index is -0.0308. The maximum absolute atomic E-state index is 13.0. The highest BCUT2D eigenvalue weighted by Gasteiger charge is 2.15. The number of rotatable bonds is 8. The molecule has 8 heteroatoms. The molecule has 4 aromatic rings. The van der Waals surface area contributed by atoms with Crippen LogP contribution in [0.15, 0.2) is 59.4 Å². The van der Waals surface area contributed by atoms with Gasteiger partial charge in [0.05, 0.1) is 17.6 Å². The number of likely N-dealkylation sites (N-methyl/N-ethyl adjacent to an activating group) is 1. The van der Waals surface area contributed by atoms with Crippen molar-refractivity contribution >= 4 is 28.9 Å². The van der Waals surface area contributed by atoms with E-state index in [0.717, 1.165) is 17.7 Å². The average Bonchev–Trinajstić information content (AvgIpc) is 3.08. The molecular weight excluding hydrogens is 398 g/mol. The first-order chi connectivity index (χ1) is 14.6. The van der Waals surface area contributed by atoms with Crippen molar-refractivity contribution in [2.45, 2.75) is 26.6 Å². The molecule has 2 aromatic carbocycles. The number of benzene rings is 2. The minimum Gasteiger partial charge on any atom is -0.492 e. The maximum atomic E-state index is 13.0. The molecule has 0 aliphatic heterocycles. The molecule has 0 N–H and O–H groups in total. The van der Waals surface area contributed by atoms with Gasteiger partial charge in [-0.1, -0.05) is 37.3 Å². The number of nitrogens with zero attached hydrogens (tertiary/aromatic N) is 5. The van der Waals surface area contributed by atoms with E-state index in [-0.39, 0.29) is 5.56 Å². The molecule has 2 heterocycles. The molecule has 0 fully saturated rings. The topological polar surface area (TPSA) is 56.7 Å². The molecule has 2 aromatic heterocycles. The van der Waals surface area contributed by atoms with Crippen molar-refractivity contribution in [3.05, 3.63) is 69.7 Å². The van der Waals surface area contributed by atoms with Crippen molar-refractivity contribution in [1.29, 1.82) is 0 Å². The van der Waals surface area contributed by atoms with Crippen molar-refractivity contribution in [2.75, 3.05) is 20.2 Å². The Kier molecular flexibility index (Phi) is 5.96. The highest BCUT2D eigenvalue weighted by Crippen LogP contribution is 2.15. The van der Waals surface area contributed by atoms with Crippen LogP contribution in [0.4, 0.5) is 0 Å². The Balaban J connectivity index is 1.63. The first-order valence-electron chi connectivity index (χ1n) is 10.1. The third-order valence-electron chi connectivity index (χ3n) is 4.99. The van der Waals surface area contributed by atoms with Gasteiger partial charge in [0.25, 0.3) is 5.56 Å². The molecule has 0 bridgehead atoms. The number of hydrogen-bond donors (Lipinski definition) is 0. The molecule has 30 heavy (non-hydrogen) atoms. The van der Waals surface area contributed by atoms with Crippen LogP contribution >= 0.6 is 12.2 Å². The molecule has 0 saturated heterocycles. The van der Waals surface area contributed by atoms with Gasteiger partial charge in [-0.25, -0.2) is 4.68 Å². The summed E-state index contributed by atoms with van der Waals surface area (Å²) in [6.45, 7) is 4.43. The zero-order valence-electron chi connectivity index (χ0n) is 17.2. The summed E-state index contributed by atoms with van der Waals surface area (Å²) in [6.07, 6.45) is 0.838. The lowest BCUT2D eigenvalue weighted by atomic mass is 10.2. The first kappa shape index (κ1) is 20.3. The summed E-state index contributed by atoms with van der Waals surface area (Å²) in [5, 5.41) is 5.36. The Hall–Kier alpha value is -2.97. The van der Waals surface area contributed by atoms with Gasteiger partial charge in [-0.2, -0.15) is 0 Å². The summed E-state index contributed by atoms with van der Waals surface area (Å²) in [4.78, 5) is 15.1. The van der Waals surface area contributed by atoms with Crippen LogP contribution < -0.4 is 10.3 Å². The number of para-hydroxylation sites is 2. The largest absolute Gasteiger partial charge is 0.492 e. The Bertz CT molecular complexity index is 1280. The molecule has 0 unspecified atom stereocenters. The van der Waals surface area contributed by atoms with E-state index in [1.165, 1.54) is 0 Å². The molecule has 0 spiro atoms. The molecule has 0 radical (unpaired) electrons. The fourth-order valence-electron chi connectivity index (χ4n) is 3.52. The lowest BCUT2D eigenvalue weighted by molar-refractivity contribution is 0.198. The van der Waals surface area contributed by atoms with E-state index in [4.69, 9.17) is 22.1 Å².